The molecule has 1 atom stereocenters. The van der Waals surface area contributed by atoms with Crippen LogP contribution in [0.2, 0.25) is 0 Å². The zero-order valence-corrected chi connectivity index (χ0v) is 9.59. The van der Waals surface area contributed by atoms with Crippen molar-refractivity contribution in [2.75, 3.05) is 7.11 Å². The number of carbonyl (C=O) groups excluding carboxylic acids is 1. The van der Waals surface area contributed by atoms with Crippen molar-refractivity contribution >= 4 is 5.97 Å². The highest BCUT2D eigenvalue weighted by Crippen LogP contribution is 2.26. The summed E-state index contributed by atoms with van der Waals surface area (Å²) in [6.45, 7) is 6.18. The summed E-state index contributed by atoms with van der Waals surface area (Å²) in [7, 11) is 1.45. The van der Waals surface area contributed by atoms with Gasteiger partial charge in [-0.1, -0.05) is 13.8 Å². The van der Waals surface area contributed by atoms with E-state index in [0.29, 0.717) is 12.0 Å². The quantitative estimate of drug-likeness (QED) is 0.685. The number of hydrogen-bond acceptors (Lipinski definition) is 3. The summed E-state index contributed by atoms with van der Waals surface area (Å²) in [5.41, 5.74) is -0.496. The smallest absolute Gasteiger partial charge is 0.325 e. The van der Waals surface area contributed by atoms with E-state index in [4.69, 9.17) is 4.74 Å². The predicted molar refractivity (Wildman–Crippen MR) is 56.0 cm³/mol. The van der Waals surface area contributed by atoms with E-state index in [2.05, 4.69) is 19.2 Å². The van der Waals surface area contributed by atoms with Crippen LogP contribution in [0.4, 0.5) is 0 Å². The van der Waals surface area contributed by atoms with Gasteiger partial charge in [0.25, 0.3) is 0 Å². The molecule has 0 saturated heterocycles. The number of nitrogens with one attached hydrogen (secondary N) is 1. The summed E-state index contributed by atoms with van der Waals surface area (Å²) in [5, 5.41) is 3.37. The van der Waals surface area contributed by atoms with E-state index in [1.807, 2.05) is 6.92 Å². The van der Waals surface area contributed by atoms with E-state index >= 15 is 0 Å². The molecule has 0 bridgehead atoms. The van der Waals surface area contributed by atoms with Gasteiger partial charge in [0.1, 0.15) is 5.54 Å². The monoisotopic (exact) mass is 199 g/mol. The van der Waals surface area contributed by atoms with Crippen LogP contribution in [0.5, 0.6) is 0 Å². The van der Waals surface area contributed by atoms with Gasteiger partial charge in [0.15, 0.2) is 0 Å². The van der Waals surface area contributed by atoms with E-state index in [9.17, 15) is 4.79 Å². The maximum absolute atomic E-state index is 11.6. The van der Waals surface area contributed by atoms with Crippen LogP contribution >= 0.6 is 0 Å². The fourth-order valence-electron chi connectivity index (χ4n) is 1.92. The first-order valence-corrected chi connectivity index (χ1v) is 5.34. The Kier molecular flexibility index (Phi) is 3.53. The maximum atomic E-state index is 11.6. The summed E-state index contributed by atoms with van der Waals surface area (Å²) in [4.78, 5) is 11.6. The Bertz CT molecular complexity index is 205. The first-order valence-electron chi connectivity index (χ1n) is 5.34. The summed E-state index contributed by atoms with van der Waals surface area (Å²) in [6.07, 6.45) is 3.20. The average Bonchev–Trinajstić information content (AvgIpc) is 2.85. The lowest BCUT2D eigenvalue weighted by Crippen LogP contribution is -2.52. The van der Waals surface area contributed by atoms with Crippen molar-refractivity contribution < 1.29 is 9.53 Å². The lowest BCUT2D eigenvalue weighted by molar-refractivity contribution is -0.148. The van der Waals surface area contributed by atoms with Gasteiger partial charge in [0.05, 0.1) is 7.11 Å². The molecule has 0 spiro atoms. The van der Waals surface area contributed by atoms with Crippen LogP contribution in [0.15, 0.2) is 0 Å². The Morgan fingerprint density at radius 1 is 1.57 bits per heavy atom. The minimum Gasteiger partial charge on any atom is -0.468 e. The molecule has 3 nitrogen and oxygen atoms in total. The Hall–Kier alpha value is -0.570. The Balaban J connectivity index is 2.60. The summed E-state index contributed by atoms with van der Waals surface area (Å²) in [5.74, 6) is 0.350. The number of hydrogen-bond donors (Lipinski definition) is 1. The molecule has 0 aliphatic heterocycles. The zero-order chi connectivity index (χ0) is 10.8. The van der Waals surface area contributed by atoms with E-state index in [0.717, 1.165) is 6.42 Å². The molecule has 0 aromatic carbocycles. The molecule has 14 heavy (non-hydrogen) atoms. The van der Waals surface area contributed by atoms with Gasteiger partial charge in [0.2, 0.25) is 0 Å². The van der Waals surface area contributed by atoms with Crippen LogP contribution in [-0.2, 0) is 9.53 Å². The number of ether oxygens (including phenoxy) is 1. The topological polar surface area (TPSA) is 38.3 Å². The van der Waals surface area contributed by atoms with Crippen molar-refractivity contribution in [3.8, 4) is 0 Å². The van der Waals surface area contributed by atoms with Crippen molar-refractivity contribution in [3.63, 3.8) is 0 Å². The van der Waals surface area contributed by atoms with E-state index in [-0.39, 0.29) is 5.97 Å². The van der Waals surface area contributed by atoms with Gasteiger partial charge in [-0.05, 0) is 32.1 Å². The molecule has 0 heterocycles. The average molecular weight is 199 g/mol. The largest absolute Gasteiger partial charge is 0.468 e. The van der Waals surface area contributed by atoms with Gasteiger partial charge in [-0.3, -0.25) is 10.1 Å². The summed E-state index contributed by atoms with van der Waals surface area (Å²) >= 11 is 0. The molecule has 1 aliphatic rings. The SMILES string of the molecule is COC(=O)C(C)(CC(C)C)NC1CC1. The third-order valence-electron chi connectivity index (χ3n) is 2.55. The lowest BCUT2D eigenvalue weighted by Gasteiger charge is -2.29. The van der Waals surface area contributed by atoms with Gasteiger partial charge in [0, 0.05) is 6.04 Å². The van der Waals surface area contributed by atoms with E-state index < -0.39 is 5.54 Å². The van der Waals surface area contributed by atoms with Crippen LogP contribution < -0.4 is 5.32 Å². The normalized spacial score (nSPS) is 20.6. The minimum atomic E-state index is -0.496. The second-order valence-electron chi connectivity index (χ2n) is 4.84. The van der Waals surface area contributed by atoms with Crippen LogP contribution in [0.3, 0.4) is 0 Å². The molecule has 0 aromatic heterocycles. The molecule has 0 aromatic rings. The Labute approximate surface area is 86.2 Å². The number of esters is 1. The molecule has 1 aliphatic carbocycles. The molecule has 0 amide bonds. The molecule has 3 heteroatoms. The van der Waals surface area contributed by atoms with Crippen LogP contribution in [-0.4, -0.2) is 24.7 Å². The molecular formula is C11H21NO2. The molecule has 1 fully saturated rings. The van der Waals surface area contributed by atoms with Gasteiger partial charge in [-0.25, -0.2) is 0 Å². The third-order valence-corrected chi connectivity index (χ3v) is 2.55. The second kappa shape index (κ2) is 4.30. The first kappa shape index (κ1) is 11.5. The van der Waals surface area contributed by atoms with Crippen molar-refractivity contribution in [2.45, 2.75) is 51.6 Å². The fourth-order valence-corrected chi connectivity index (χ4v) is 1.92. The predicted octanol–water partition coefficient (Wildman–Crippen LogP) is 1.72. The zero-order valence-electron chi connectivity index (χ0n) is 9.59. The highest BCUT2D eigenvalue weighted by atomic mass is 16.5. The van der Waals surface area contributed by atoms with Gasteiger partial charge in [-0.2, -0.15) is 0 Å². The number of rotatable bonds is 5. The Morgan fingerprint density at radius 2 is 2.14 bits per heavy atom. The molecule has 1 N–H and O–H groups in total. The molecule has 1 unspecified atom stereocenters. The van der Waals surface area contributed by atoms with Crippen LogP contribution in [0.25, 0.3) is 0 Å². The summed E-state index contributed by atoms with van der Waals surface area (Å²) in [6, 6.07) is 0.526. The van der Waals surface area contributed by atoms with Gasteiger partial charge >= 0.3 is 5.97 Å². The van der Waals surface area contributed by atoms with Crippen molar-refractivity contribution in [3.05, 3.63) is 0 Å². The Morgan fingerprint density at radius 3 is 2.50 bits per heavy atom. The van der Waals surface area contributed by atoms with Gasteiger partial charge < -0.3 is 4.74 Å². The van der Waals surface area contributed by atoms with Crippen LogP contribution in [0, 0.1) is 5.92 Å². The van der Waals surface area contributed by atoms with Crippen molar-refractivity contribution in [1.82, 2.24) is 5.32 Å². The molecule has 0 radical (unpaired) electrons. The van der Waals surface area contributed by atoms with Gasteiger partial charge in [-0.15, -0.1) is 0 Å². The highest BCUT2D eigenvalue weighted by molar-refractivity contribution is 5.80. The molecule has 1 saturated carbocycles. The first-order chi connectivity index (χ1) is 6.48. The molecule has 1 rings (SSSR count). The standard InChI is InChI=1S/C11H21NO2/c1-8(2)7-11(3,10(13)14-4)12-9-5-6-9/h8-9,12H,5-7H2,1-4H3. The second-order valence-corrected chi connectivity index (χ2v) is 4.84. The highest BCUT2D eigenvalue weighted by Gasteiger charge is 2.39. The maximum Gasteiger partial charge on any atom is 0.325 e. The van der Waals surface area contributed by atoms with E-state index in [1.54, 1.807) is 0 Å². The van der Waals surface area contributed by atoms with Crippen molar-refractivity contribution in [1.29, 1.82) is 0 Å². The minimum absolute atomic E-state index is 0.141. The van der Waals surface area contributed by atoms with Crippen LogP contribution in [0.1, 0.15) is 40.0 Å². The molecule has 82 valence electrons. The fraction of sp³-hybridized carbons (Fsp3) is 0.909. The lowest BCUT2D eigenvalue weighted by atomic mass is 9.90. The number of methoxy groups -OCH3 is 1. The number of carbonyl (C=O) groups is 1. The molecular weight excluding hydrogens is 178 g/mol. The van der Waals surface area contributed by atoms with E-state index in [1.165, 1.54) is 20.0 Å². The summed E-state index contributed by atoms with van der Waals surface area (Å²) < 4.78 is 4.84. The van der Waals surface area contributed by atoms with Crippen molar-refractivity contribution in [2.24, 2.45) is 5.92 Å². The third kappa shape index (κ3) is 2.98.